The van der Waals surface area contributed by atoms with Gasteiger partial charge in [-0.1, -0.05) is 12.2 Å². The van der Waals surface area contributed by atoms with Crippen molar-refractivity contribution in [1.29, 1.82) is 0 Å². The molecule has 0 saturated carbocycles. The van der Waals surface area contributed by atoms with Crippen LogP contribution < -0.4 is 0 Å². The van der Waals surface area contributed by atoms with Gasteiger partial charge < -0.3 is 9.64 Å². The van der Waals surface area contributed by atoms with Crippen LogP contribution in [0.25, 0.3) is 0 Å². The minimum Gasteiger partial charge on any atom is -0.444 e. The van der Waals surface area contributed by atoms with E-state index in [-0.39, 0.29) is 18.2 Å². The molecule has 13 heavy (non-hydrogen) atoms. The van der Waals surface area contributed by atoms with Gasteiger partial charge in [0.1, 0.15) is 6.10 Å². The Labute approximate surface area is 78.4 Å². The van der Waals surface area contributed by atoms with Crippen LogP contribution >= 0.6 is 0 Å². The number of ether oxygens (including phenoxy) is 1. The van der Waals surface area contributed by atoms with Gasteiger partial charge in [-0.25, -0.2) is 4.79 Å². The van der Waals surface area contributed by atoms with E-state index in [0.29, 0.717) is 0 Å². The number of hydrogen-bond acceptors (Lipinski definition) is 2. The molecule has 72 valence electrons. The fourth-order valence-corrected chi connectivity index (χ4v) is 2.00. The van der Waals surface area contributed by atoms with Crippen molar-refractivity contribution in [1.82, 2.24) is 4.90 Å². The summed E-state index contributed by atoms with van der Waals surface area (Å²) in [5, 5.41) is 0. The number of cyclic esters (lactones) is 1. The molecule has 0 aromatic heterocycles. The van der Waals surface area contributed by atoms with Gasteiger partial charge >= 0.3 is 6.09 Å². The Hall–Kier alpha value is -0.990. The topological polar surface area (TPSA) is 29.5 Å². The molecule has 2 aliphatic rings. The molecular weight excluding hydrogens is 166 g/mol. The highest BCUT2D eigenvalue weighted by Crippen LogP contribution is 2.24. The van der Waals surface area contributed by atoms with Crippen molar-refractivity contribution in [2.24, 2.45) is 0 Å². The molecule has 1 saturated heterocycles. The summed E-state index contributed by atoms with van der Waals surface area (Å²) in [6.45, 7) is 2.82. The maximum absolute atomic E-state index is 11.4. The standard InChI is InChI=1S/C10H15NO2/c1-8-9-6-4-2-3-5-7-11(9)10(12)13-8/h2,4,8-9H,3,5-7H2,1H3/b4-2-/t8-,9-/m1/s1. The molecule has 0 spiro atoms. The summed E-state index contributed by atoms with van der Waals surface area (Å²) in [7, 11) is 0. The van der Waals surface area contributed by atoms with E-state index in [4.69, 9.17) is 4.74 Å². The van der Waals surface area contributed by atoms with Crippen LogP contribution in [-0.2, 0) is 4.74 Å². The van der Waals surface area contributed by atoms with E-state index in [2.05, 4.69) is 12.2 Å². The molecule has 0 bridgehead atoms. The van der Waals surface area contributed by atoms with Crippen LogP contribution in [0, 0.1) is 0 Å². The Morgan fingerprint density at radius 2 is 2.38 bits per heavy atom. The van der Waals surface area contributed by atoms with Crippen LogP contribution in [0.3, 0.4) is 0 Å². The fraction of sp³-hybridized carbons (Fsp3) is 0.700. The van der Waals surface area contributed by atoms with E-state index in [1.54, 1.807) is 0 Å². The highest BCUT2D eigenvalue weighted by molar-refractivity contribution is 5.70. The number of nitrogens with zero attached hydrogens (tertiary/aromatic N) is 1. The van der Waals surface area contributed by atoms with Crippen molar-refractivity contribution >= 4 is 6.09 Å². The molecule has 3 nitrogen and oxygen atoms in total. The summed E-state index contributed by atoms with van der Waals surface area (Å²) < 4.78 is 5.17. The van der Waals surface area contributed by atoms with Crippen LogP contribution in [0.4, 0.5) is 4.79 Å². The van der Waals surface area contributed by atoms with Crippen molar-refractivity contribution in [3.05, 3.63) is 12.2 Å². The van der Waals surface area contributed by atoms with E-state index in [1.807, 2.05) is 11.8 Å². The maximum Gasteiger partial charge on any atom is 0.410 e. The minimum atomic E-state index is -0.132. The minimum absolute atomic E-state index is 0.0512. The largest absolute Gasteiger partial charge is 0.444 e. The summed E-state index contributed by atoms with van der Waals surface area (Å²) in [6.07, 6.45) is 7.34. The van der Waals surface area contributed by atoms with E-state index in [0.717, 1.165) is 25.8 Å². The summed E-state index contributed by atoms with van der Waals surface area (Å²) in [5.74, 6) is 0. The zero-order valence-corrected chi connectivity index (χ0v) is 7.90. The third kappa shape index (κ3) is 1.55. The quantitative estimate of drug-likeness (QED) is 0.534. The summed E-state index contributed by atoms with van der Waals surface area (Å²) in [5.41, 5.74) is 0. The third-order valence-corrected chi connectivity index (χ3v) is 2.78. The van der Waals surface area contributed by atoms with Crippen molar-refractivity contribution in [2.45, 2.75) is 38.3 Å². The molecule has 2 rings (SSSR count). The average Bonchev–Trinajstić information content (AvgIpc) is 2.25. The lowest BCUT2D eigenvalue weighted by Gasteiger charge is -2.23. The predicted octanol–water partition coefficient (Wildman–Crippen LogP) is 1.94. The Balaban J connectivity index is 2.14. The zero-order chi connectivity index (χ0) is 9.26. The second-order valence-corrected chi connectivity index (χ2v) is 3.70. The molecule has 0 aromatic carbocycles. The molecule has 0 aromatic rings. The first kappa shape index (κ1) is 8.60. The molecule has 0 radical (unpaired) electrons. The molecule has 0 aliphatic carbocycles. The van der Waals surface area contributed by atoms with Crippen LogP contribution in [0.2, 0.25) is 0 Å². The third-order valence-electron chi connectivity index (χ3n) is 2.78. The van der Waals surface area contributed by atoms with Gasteiger partial charge in [0.25, 0.3) is 0 Å². The smallest absolute Gasteiger partial charge is 0.410 e. The number of fused-ring (bicyclic) bond motifs is 1. The first-order valence-corrected chi connectivity index (χ1v) is 4.91. The van der Waals surface area contributed by atoms with E-state index in [1.165, 1.54) is 0 Å². The van der Waals surface area contributed by atoms with Crippen molar-refractivity contribution in [2.75, 3.05) is 6.54 Å². The Morgan fingerprint density at radius 1 is 1.54 bits per heavy atom. The fourth-order valence-electron chi connectivity index (χ4n) is 2.00. The number of carbonyl (C=O) groups excluding carboxylic acids is 1. The number of amides is 1. The van der Waals surface area contributed by atoms with Crippen LogP contribution in [0.1, 0.15) is 26.2 Å². The first-order chi connectivity index (χ1) is 6.29. The number of allylic oxidation sites excluding steroid dienone is 1. The number of carbonyl (C=O) groups is 1. The molecular formula is C10H15NO2. The van der Waals surface area contributed by atoms with E-state index in [9.17, 15) is 4.79 Å². The van der Waals surface area contributed by atoms with Crippen molar-refractivity contribution in [3.8, 4) is 0 Å². The SMILES string of the molecule is C[C@H]1OC(=O)N2CCC/C=C\C[C@H]12. The van der Waals surface area contributed by atoms with Gasteiger partial charge in [0, 0.05) is 6.54 Å². The lowest BCUT2D eigenvalue weighted by molar-refractivity contribution is 0.137. The molecule has 2 heterocycles. The average molecular weight is 181 g/mol. The zero-order valence-electron chi connectivity index (χ0n) is 7.90. The molecule has 1 fully saturated rings. The molecule has 3 heteroatoms. The summed E-state index contributed by atoms with van der Waals surface area (Å²) in [4.78, 5) is 13.2. The van der Waals surface area contributed by atoms with Crippen LogP contribution in [0.15, 0.2) is 12.2 Å². The summed E-state index contributed by atoms with van der Waals surface area (Å²) in [6, 6.07) is 0.268. The van der Waals surface area contributed by atoms with Gasteiger partial charge in [-0.3, -0.25) is 0 Å². The van der Waals surface area contributed by atoms with E-state index < -0.39 is 0 Å². The Morgan fingerprint density at radius 3 is 3.23 bits per heavy atom. The Kier molecular flexibility index (Phi) is 2.25. The molecule has 1 amide bonds. The van der Waals surface area contributed by atoms with Crippen LogP contribution in [-0.4, -0.2) is 29.7 Å². The van der Waals surface area contributed by atoms with Gasteiger partial charge in [0.05, 0.1) is 6.04 Å². The number of rotatable bonds is 0. The van der Waals surface area contributed by atoms with Gasteiger partial charge in [0.15, 0.2) is 0 Å². The van der Waals surface area contributed by atoms with Gasteiger partial charge in [-0.15, -0.1) is 0 Å². The van der Waals surface area contributed by atoms with Gasteiger partial charge in [0.2, 0.25) is 0 Å². The van der Waals surface area contributed by atoms with Gasteiger partial charge in [-0.05, 0) is 26.2 Å². The second kappa shape index (κ2) is 3.40. The predicted molar refractivity (Wildman–Crippen MR) is 49.4 cm³/mol. The Bertz CT molecular complexity index is 237. The van der Waals surface area contributed by atoms with Crippen molar-refractivity contribution < 1.29 is 9.53 Å². The van der Waals surface area contributed by atoms with E-state index >= 15 is 0 Å². The first-order valence-electron chi connectivity index (χ1n) is 4.91. The maximum atomic E-state index is 11.4. The van der Waals surface area contributed by atoms with Crippen molar-refractivity contribution in [3.63, 3.8) is 0 Å². The highest BCUT2D eigenvalue weighted by Gasteiger charge is 2.37. The lowest BCUT2D eigenvalue weighted by atomic mass is 10.1. The normalized spacial score (nSPS) is 36.1. The van der Waals surface area contributed by atoms with Gasteiger partial charge in [-0.2, -0.15) is 0 Å². The molecule has 0 N–H and O–H groups in total. The lowest BCUT2D eigenvalue weighted by Crippen LogP contribution is -2.36. The van der Waals surface area contributed by atoms with Crippen LogP contribution in [0.5, 0.6) is 0 Å². The molecule has 2 atom stereocenters. The number of hydrogen-bond donors (Lipinski definition) is 0. The summed E-state index contributed by atoms with van der Waals surface area (Å²) >= 11 is 0. The second-order valence-electron chi connectivity index (χ2n) is 3.70. The monoisotopic (exact) mass is 181 g/mol. The molecule has 0 unspecified atom stereocenters. The molecule has 2 aliphatic heterocycles. The highest BCUT2D eigenvalue weighted by atomic mass is 16.6.